The van der Waals surface area contributed by atoms with Gasteiger partial charge in [-0.2, -0.15) is 0 Å². The van der Waals surface area contributed by atoms with E-state index in [0.717, 1.165) is 44.5 Å². The van der Waals surface area contributed by atoms with Gasteiger partial charge in [-0.15, -0.1) is 0 Å². The molecule has 2 aromatic heterocycles. The summed E-state index contributed by atoms with van der Waals surface area (Å²) >= 11 is 0. The third kappa shape index (κ3) is 3.48. The number of ether oxygens (including phenoxy) is 1. The second-order valence-electron chi connectivity index (χ2n) is 5.29. The number of hydrogen-bond donors (Lipinski definition) is 2. The van der Waals surface area contributed by atoms with Crippen LogP contribution >= 0.6 is 0 Å². The highest BCUT2D eigenvalue weighted by Crippen LogP contribution is 2.22. The minimum atomic E-state index is -0.539. The lowest BCUT2D eigenvalue weighted by Crippen LogP contribution is -2.22. The number of anilines is 2. The molecule has 3 heterocycles. The van der Waals surface area contributed by atoms with Crippen molar-refractivity contribution in [3.8, 4) is 11.4 Å². The first-order chi connectivity index (χ1) is 10.7. The second kappa shape index (κ2) is 6.65. The first-order valence-electron chi connectivity index (χ1n) is 7.28. The van der Waals surface area contributed by atoms with Crippen molar-refractivity contribution < 1.29 is 9.13 Å². The molecule has 0 amide bonds. The van der Waals surface area contributed by atoms with Gasteiger partial charge in [0.05, 0.1) is 11.9 Å². The number of aromatic nitrogens is 3. The molecular formula is C15H18FN5O. The van der Waals surface area contributed by atoms with E-state index in [1.165, 1.54) is 0 Å². The number of nitrogen functional groups attached to an aromatic ring is 1. The molecule has 0 unspecified atom stereocenters. The average molecular weight is 303 g/mol. The maximum Gasteiger partial charge on any atom is 0.220 e. The molecular weight excluding hydrogens is 285 g/mol. The van der Waals surface area contributed by atoms with Crippen LogP contribution in [0, 0.1) is 11.7 Å². The average Bonchev–Trinajstić information content (AvgIpc) is 2.56. The van der Waals surface area contributed by atoms with Crippen LogP contribution in [0.2, 0.25) is 0 Å². The summed E-state index contributed by atoms with van der Waals surface area (Å²) in [5, 5.41) is 3.37. The number of hydrogen-bond acceptors (Lipinski definition) is 6. The monoisotopic (exact) mass is 303 g/mol. The first kappa shape index (κ1) is 14.6. The molecule has 22 heavy (non-hydrogen) atoms. The molecule has 116 valence electrons. The SMILES string of the molecule is Nc1ncc(F)c(-c2cc(NCC3CCOCC3)ccn2)n1. The molecule has 1 fully saturated rings. The molecule has 2 aromatic rings. The summed E-state index contributed by atoms with van der Waals surface area (Å²) in [6, 6.07) is 3.62. The standard InChI is InChI=1S/C15H18FN5O/c16-12-9-20-15(17)21-14(12)13-7-11(1-4-18-13)19-8-10-2-5-22-6-3-10/h1,4,7,9-10H,2-3,5-6,8H2,(H,18,19)(H2,17,20,21). The van der Waals surface area contributed by atoms with E-state index in [1.54, 1.807) is 12.3 Å². The Morgan fingerprint density at radius 1 is 1.32 bits per heavy atom. The summed E-state index contributed by atoms with van der Waals surface area (Å²) in [4.78, 5) is 11.7. The van der Waals surface area contributed by atoms with E-state index in [-0.39, 0.29) is 11.6 Å². The Labute approximate surface area is 128 Å². The molecule has 0 aliphatic carbocycles. The Balaban J connectivity index is 1.73. The van der Waals surface area contributed by atoms with Crippen LogP contribution in [0.4, 0.5) is 16.0 Å². The molecule has 1 aliphatic rings. The smallest absolute Gasteiger partial charge is 0.220 e. The van der Waals surface area contributed by atoms with Gasteiger partial charge < -0.3 is 15.8 Å². The van der Waals surface area contributed by atoms with E-state index in [9.17, 15) is 4.39 Å². The van der Waals surface area contributed by atoms with Crippen LogP contribution in [0.15, 0.2) is 24.5 Å². The molecule has 0 aromatic carbocycles. The van der Waals surface area contributed by atoms with Crippen molar-refractivity contribution in [3.05, 3.63) is 30.3 Å². The van der Waals surface area contributed by atoms with Crippen LogP contribution in [0.25, 0.3) is 11.4 Å². The van der Waals surface area contributed by atoms with E-state index in [0.29, 0.717) is 11.6 Å². The van der Waals surface area contributed by atoms with Crippen LogP contribution in [0.1, 0.15) is 12.8 Å². The van der Waals surface area contributed by atoms with Crippen LogP contribution in [0.3, 0.4) is 0 Å². The van der Waals surface area contributed by atoms with Crippen molar-refractivity contribution in [3.63, 3.8) is 0 Å². The summed E-state index contributed by atoms with van der Waals surface area (Å²) in [7, 11) is 0. The van der Waals surface area contributed by atoms with E-state index >= 15 is 0 Å². The molecule has 0 atom stereocenters. The Morgan fingerprint density at radius 3 is 2.95 bits per heavy atom. The predicted molar refractivity (Wildman–Crippen MR) is 81.7 cm³/mol. The lowest BCUT2D eigenvalue weighted by atomic mass is 10.0. The fraction of sp³-hybridized carbons (Fsp3) is 0.400. The van der Waals surface area contributed by atoms with E-state index in [1.807, 2.05) is 6.07 Å². The van der Waals surface area contributed by atoms with E-state index in [4.69, 9.17) is 10.5 Å². The number of nitrogens with zero attached hydrogens (tertiary/aromatic N) is 3. The zero-order valence-corrected chi connectivity index (χ0v) is 12.1. The lowest BCUT2D eigenvalue weighted by Gasteiger charge is -2.22. The van der Waals surface area contributed by atoms with E-state index < -0.39 is 5.82 Å². The van der Waals surface area contributed by atoms with Gasteiger partial charge in [0.2, 0.25) is 5.95 Å². The third-order valence-corrected chi connectivity index (χ3v) is 3.70. The zero-order valence-electron chi connectivity index (χ0n) is 12.1. The summed E-state index contributed by atoms with van der Waals surface area (Å²) in [5.74, 6) is 0.0823. The Kier molecular flexibility index (Phi) is 4.43. The first-order valence-corrected chi connectivity index (χ1v) is 7.28. The summed E-state index contributed by atoms with van der Waals surface area (Å²) in [5.41, 5.74) is 6.94. The molecule has 0 radical (unpaired) electrons. The van der Waals surface area contributed by atoms with Gasteiger partial charge in [0.15, 0.2) is 5.82 Å². The fourth-order valence-corrected chi connectivity index (χ4v) is 2.44. The van der Waals surface area contributed by atoms with Crippen molar-refractivity contribution in [1.29, 1.82) is 0 Å². The van der Waals surface area contributed by atoms with Crippen molar-refractivity contribution in [2.45, 2.75) is 12.8 Å². The van der Waals surface area contributed by atoms with Crippen LogP contribution in [0.5, 0.6) is 0 Å². The van der Waals surface area contributed by atoms with Gasteiger partial charge >= 0.3 is 0 Å². The third-order valence-electron chi connectivity index (χ3n) is 3.70. The highest BCUT2D eigenvalue weighted by molar-refractivity contribution is 5.61. The summed E-state index contributed by atoms with van der Waals surface area (Å²) < 4.78 is 19.2. The van der Waals surface area contributed by atoms with Gasteiger partial charge in [-0.1, -0.05) is 0 Å². The quantitative estimate of drug-likeness (QED) is 0.899. The van der Waals surface area contributed by atoms with Gasteiger partial charge in [0, 0.05) is 31.6 Å². The molecule has 0 saturated carbocycles. The number of halogens is 1. The second-order valence-corrected chi connectivity index (χ2v) is 5.29. The van der Waals surface area contributed by atoms with Crippen molar-refractivity contribution in [2.75, 3.05) is 30.8 Å². The maximum atomic E-state index is 13.8. The molecule has 3 N–H and O–H groups in total. The normalized spacial score (nSPS) is 15.7. The van der Waals surface area contributed by atoms with Gasteiger partial charge in [0.1, 0.15) is 5.69 Å². The van der Waals surface area contributed by atoms with E-state index in [2.05, 4.69) is 20.3 Å². The number of nitrogens with two attached hydrogens (primary N) is 1. The van der Waals surface area contributed by atoms with Gasteiger partial charge in [0.25, 0.3) is 0 Å². The topological polar surface area (TPSA) is 86.0 Å². The number of pyridine rings is 1. The lowest BCUT2D eigenvalue weighted by molar-refractivity contribution is 0.0699. The Morgan fingerprint density at radius 2 is 2.14 bits per heavy atom. The molecule has 0 spiro atoms. The van der Waals surface area contributed by atoms with Crippen molar-refractivity contribution in [2.24, 2.45) is 5.92 Å². The fourth-order valence-electron chi connectivity index (χ4n) is 2.44. The molecule has 6 nitrogen and oxygen atoms in total. The van der Waals surface area contributed by atoms with Crippen molar-refractivity contribution in [1.82, 2.24) is 15.0 Å². The number of nitrogens with one attached hydrogen (secondary N) is 1. The molecule has 1 aliphatic heterocycles. The minimum Gasteiger partial charge on any atom is -0.385 e. The highest BCUT2D eigenvalue weighted by Gasteiger charge is 2.14. The minimum absolute atomic E-state index is 0.0266. The van der Waals surface area contributed by atoms with Gasteiger partial charge in [-0.25, -0.2) is 14.4 Å². The number of rotatable bonds is 4. The predicted octanol–water partition coefficient (Wildman–Crippen LogP) is 2.10. The largest absolute Gasteiger partial charge is 0.385 e. The zero-order chi connectivity index (χ0) is 15.4. The summed E-state index contributed by atoms with van der Waals surface area (Å²) in [6.07, 6.45) is 4.80. The molecule has 0 bridgehead atoms. The van der Waals surface area contributed by atoms with Crippen molar-refractivity contribution >= 4 is 11.6 Å². The Hall–Kier alpha value is -2.28. The maximum absolute atomic E-state index is 13.8. The van der Waals surface area contributed by atoms with Crippen LogP contribution < -0.4 is 11.1 Å². The molecule has 7 heteroatoms. The van der Waals surface area contributed by atoms with Gasteiger partial charge in [-0.05, 0) is 30.9 Å². The van der Waals surface area contributed by atoms with Crippen LogP contribution in [-0.2, 0) is 4.74 Å². The molecule has 1 saturated heterocycles. The van der Waals surface area contributed by atoms with Gasteiger partial charge in [-0.3, -0.25) is 4.98 Å². The van der Waals surface area contributed by atoms with Crippen LogP contribution in [-0.4, -0.2) is 34.7 Å². The summed E-state index contributed by atoms with van der Waals surface area (Å²) in [6.45, 7) is 2.50. The highest BCUT2D eigenvalue weighted by atomic mass is 19.1. The molecule has 3 rings (SSSR count). The Bertz CT molecular complexity index is 646.